The van der Waals surface area contributed by atoms with Crippen LogP contribution in [0.2, 0.25) is 0 Å². The maximum absolute atomic E-state index is 12.4. The van der Waals surface area contributed by atoms with Gasteiger partial charge in [0, 0.05) is 6.54 Å². The Morgan fingerprint density at radius 2 is 1.46 bits per heavy atom. The van der Waals surface area contributed by atoms with Crippen LogP contribution in [-0.2, 0) is 4.79 Å². The van der Waals surface area contributed by atoms with Crippen molar-refractivity contribution in [2.45, 2.75) is 13.3 Å². The zero-order valence-corrected chi connectivity index (χ0v) is 13.4. The molecular weight excluding hydrogens is 302 g/mol. The molecular formula is C20H17NO3. The summed E-state index contributed by atoms with van der Waals surface area (Å²) in [5.41, 5.74) is 2.63. The number of carbonyl (C=O) groups excluding carboxylic acids is 3. The molecule has 0 aromatic heterocycles. The first-order chi connectivity index (χ1) is 11.6. The number of amides is 2. The lowest BCUT2D eigenvalue weighted by molar-refractivity contribution is -0.112. The van der Waals surface area contributed by atoms with Gasteiger partial charge in [0.25, 0.3) is 11.8 Å². The molecule has 0 unspecified atom stereocenters. The molecule has 0 saturated heterocycles. The molecule has 1 heterocycles. The van der Waals surface area contributed by atoms with E-state index in [1.54, 1.807) is 30.3 Å². The van der Waals surface area contributed by atoms with E-state index >= 15 is 0 Å². The van der Waals surface area contributed by atoms with E-state index in [4.69, 9.17) is 0 Å². The quantitative estimate of drug-likeness (QED) is 0.627. The average molecular weight is 319 g/mol. The number of nitrogens with zero attached hydrogens (tertiary/aromatic N) is 1. The SMILES string of the molecule is CC(=O)/C=C(/CCN1C(=O)c2ccccc2C1=O)c1ccccc1. The van der Waals surface area contributed by atoms with Crippen molar-refractivity contribution in [2.24, 2.45) is 0 Å². The first-order valence-electron chi connectivity index (χ1n) is 7.79. The van der Waals surface area contributed by atoms with Crippen LogP contribution in [0.1, 0.15) is 39.6 Å². The van der Waals surface area contributed by atoms with E-state index < -0.39 is 0 Å². The normalized spacial score (nSPS) is 14.0. The van der Waals surface area contributed by atoms with Gasteiger partial charge in [0.1, 0.15) is 0 Å². The van der Waals surface area contributed by atoms with Crippen molar-refractivity contribution in [3.8, 4) is 0 Å². The van der Waals surface area contributed by atoms with E-state index in [0.717, 1.165) is 11.1 Å². The second-order valence-electron chi connectivity index (χ2n) is 5.70. The molecule has 0 N–H and O–H groups in total. The van der Waals surface area contributed by atoms with Gasteiger partial charge in [0.2, 0.25) is 0 Å². The third-order valence-corrected chi connectivity index (χ3v) is 4.01. The van der Waals surface area contributed by atoms with Crippen LogP contribution in [0.3, 0.4) is 0 Å². The molecule has 2 amide bonds. The van der Waals surface area contributed by atoms with Crippen LogP contribution < -0.4 is 0 Å². The van der Waals surface area contributed by atoms with E-state index in [1.807, 2.05) is 30.3 Å². The third kappa shape index (κ3) is 3.04. The largest absolute Gasteiger partial charge is 0.295 e. The van der Waals surface area contributed by atoms with Gasteiger partial charge in [-0.2, -0.15) is 0 Å². The smallest absolute Gasteiger partial charge is 0.261 e. The van der Waals surface area contributed by atoms with Gasteiger partial charge in [0.15, 0.2) is 5.78 Å². The molecule has 1 aliphatic rings. The predicted molar refractivity (Wildman–Crippen MR) is 91.5 cm³/mol. The monoisotopic (exact) mass is 319 g/mol. The van der Waals surface area contributed by atoms with Crippen LogP contribution in [0.25, 0.3) is 5.57 Å². The van der Waals surface area contributed by atoms with Crippen LogP contribution in [-0.4, -0.2) is 29.0 Å². The molecule has 1 aliphatic heterocycles. The van der Waals surface area contributed by atoms with Crippen molar-refractivity contribution in [3.05, 3.63) is 77.4 Å². The number of fused-ring (bicyclic) bond motifs is 1. The van der Waals surface area contributed by atoms with Crippen molar-refractivity contribution in [1.29, 1.82) is 0 Å². The molecule has 2 aromatic carbocycles. The summed E-state index contributed by atoms with van der Waals surface area (Å²) in [6, 6.07) is 16.3. The fraction of sp³-hybridized carbons (Fsp3) is 0.150. The molecule has 0 atom stereocenters. The number of imide groups is 1. The van der Waals surface area contributed by atoms with Crippen LogP contribution >= 0.6 is 0 Å². The van der Waals surface area contributed by atoms with Gasteiger partial charge in [-0.15, -0.1) is 0 Å². The number of allylic oxidation sites excluding steroid dienone is 1. The molecule has 0 bridgehead atoms. The molecule has 0 fully saturated rings. The summed E-state index contributed by atoms with van der Waals surface area (Å²) in [7, 11) is 0. The number of hydrogen-bond acceptors (Lipinski definition) is 3. The lowest BCUT2D eigenvalue weighted by Gasteiger charge is -2.15. The summed E-state index contributed by atoms with van der Waals surface area (Å²) >= 11 is 0. The van der Waals surface area contributed by atoms with Crippen LogP contribution in [0.15, 0.2) is 60.7 Å². The van der Waals surface area contributed by atoms with Gasteiger partial charge in [-0.25, -0.2) is 0 Å². The van der Waals surface area contributed by atoms with Gasteiger partial charge in [-0.05, 0) is 42.7 Å². The first kappa shape index (κ1) is 15.9. The number of hydrogen-bond donors (Lipinski definition) is 0. The molecule has 0 radical (unpaired) electrons. The van der Waals surface area contributed by atoms with Crippen molar-refractivity contribution in [3.63, 3.8) is 0 Å². The minimum atomic E-state index is -0.272. The lowest BCUT2D eigenvalue weighted by Crippen LogP contribution is -2.30. The number of rotatable bonds is 5. The summed E-state index contributed by atoms with van der Waals surface area (Å²) in [4.78, 5) is 37.6. The van der Waals surface area contributed by atoms with E-state index in [9.17, 15) is 14.4 Å². The molecule has 4 nitrogen and oxygen atoms in total. The van der Waals surface area contributed by atoms with E-state index in [0.29, 0.717) is 17.5 Å². The standard InChI is InChI=1S/C20H17NO3/c1-14(22)13-16(15-7-3-2-4-8-15)11-12-21-19(23)17-9-5-6-10-18(17)20(21)24/h2-10,13H,11-12H2,1H3/b16-13-. The topological polar surface area (TPSA) is 54.5 Å². The first-order valence-corrected chi connectivity index (χ1v) is 7.79. The average Bonchev–Trinajstić information content (AvgIpc) is 2.84. The van der Waals surface area contributed by atoms with Crippen molar-refractivity contribution in [1.82, 2.24) is 4.90 Å². The van der Waals surface area contributed by atoms with Crippen LogP contribution in [0.4, 0.5) is 0 Å². The van der Waals surface area contributed by atoms with E-state index in [1.165, 1.54) is 11.8 Å². The predicted octanol–water partition coefficient (Wildman–Crippen LogP) is 3.35. The number of ketones is 1. The fourth-order valence-electron chi connectivity index (χ4n) is 2.87. The molecule has 120 valence electrons. The highest BCUT2D eigenvalue weighted by Crippen LogP contribution is 2.25. The second kappa shape index (κ2) is 6.62. The molecule has 0 aliphatic carbocycles. The Hall–Kier alpha value is -3.01. The zero-order valence-electron chi connectivity index (χ0n) is 13.4. The summed E-state index contributed by atoms with van der Waals surface area (Å²) in [5, 5.41) is 0. The van der Waals surface area contributed by atoms with E-state index in [2.05, 4.69) is 0 Å². The Bertz CT molecular complexity index is 802. The highest BCUT2D eigenvalue weighted by Gasteiger charge is 2.34. The summed E-state index contributed by atoms with van der Waals surface area (Å²) in [5.74, 6) is -0.604. The summed E-state index contributed by atoms with van der Waals surface area (Å²) in [6.45, 7) is 1.74. The lowest BCUT2D eigenvalue weighted by atomic mass is 10.0. The Morgan fingerprint density at radius 3 is 2.00 bits per heavy atom. The Balaban J connectivity index is 1.80. The minimum Gasteiger partial charge on any atom is -0.295 e. The Kier molecular flexibility index (Phi) is 4.38. The fourth-order valence-corrected chi connectivity index (χ4v) is 2.87. The van der Waals surface area contributed by atoms with Crippen LogP contribution in [0.5, 0.6) is 0 Å². The third-order valence-electron chi connectivity index (χ3n) is 4.01. The van der Waals surface area contributed by atoms with Gasteiger partial charge in [-0.1, -0.05) is 42.5 Å². The van der Waals surface area contributed by atoms with Crippen molar-refractivity contribution < 1.29 is 14.4 Å². The summed E-state index contributed by atoms with van der Waals surface area (Å²) < 4.78 is 0. The molecule has 24 heavy (non-hydrogen) atoms. The Labute approximate surface area is 140 Å². The highest BCUT2D eigenvalue weighted by atomic mass is 16.2. The van der Waals surface area contributed by atoms with Crippen molar-refractivity contribution >= 4 is 23.2 Å². The number of benzene rings is 2. The zero-order chi connectivity index (χ0) is 17.1. The van der Waals surface area contributed by atoms with Crippen molar-refractivity contribution in [2.75, 3.05) is 6.54 Å². The number of carbonyl (C=O) groups is 3. The van der Waals surface area contributed by atoms with Crippen LogP contribution in [0, 0.1) is 0 Å². The molecule has 4 heteroatoms. The van der Waals surface area contributed by atoms with Gasteiger partial charge < -0.3 is 0 Å². The minimum absolute atomic E-state index is 0.0591. The molecule has 3 rings (SSSR count). The molecule has 0 saturated carbocycles. The Morgan fingerprint density at radius 1 is 0.917 bits per heavy atom. The molecule has 0 spiro atoms. The van der Waals surface area contributed by atoms with Gasteiger partial charge in [-0.3, -0.25) is 19.3 Å². The van der Waals surface area contributed by atoms with Gasteiger partial charge >= 0.3 is 0 Å². The van der Waals surface area contributed by atoms with Gasteiger partial charge in [0.05, 0.1) is 11.1 Å². The molecule has 2 aromatic rings. The van der Waals surface area contributed by atoms with E-state index in [-0.39, 0.29) is 24.1 Å². The maximum atomic E-state index is 12.4. The second-order valence-corrected chi connectivity index (χ2v) is 5.70. The summed E-state index contributed by atoms with van der Waals surface area (Å²) in [6.07, 6.45) is 2.00. The maximum Gasteiger partial charge on any atom is 0.261 e. The highest BCUT2D eigenvalue weighted by molar-refractivity contribution is 6.21.